The van der Waals surface area contributed by atoms with E-state index >= 15 is 0 Å². The number of hydrogen-bond donors (Lipinski definition) is 2. The van der Waals surface area contributed by atoms with Gasteiger partial charge in [0.15, 0.2) is 0 Å². The van der Waals surface area contributed by atoms with E-state index in [1.54, 1.807) is 0 Å². The van der Waals surface area contributed by atoms with E-state index in [1.165, 1.54) is 0 Å². The predicted molar refractivity (Wildman–Crippen MR) is 46.6 cm³/mol. The first kappa shape index (κ1) is 8.29. The molecule has 2 rings (SSSR count). The molecule has 0 spiro atoms. The van der Waals surface area contributed by atoms with Gasteiger partial charge in [-0.25, -0.2) is 0 Å². The monoisotopic (exact) mass is 180 g/mol. The Labute approximate surface area is 76.0 Å². The van der Waals surface area contributed by atoms with E-state index < -0.39 is 11.9 Å². The number of nitrogens with zero attached hydrogens (tertiary/aromatic N) is 1. The Balaban J connectivity index is 2.43. The highest BCUT2D eigenvalue weighted by Crippen LogP contribution is 2.31. The van der Waals surface area contributed by atoms with Crippen LogP contribution in [0.1, 0.15) is 35.7 Å². The van der Waals surface area contributed by atoms with Crippen LogP contribution in [-0.2, 0) is 11.2 Å². The van der Waals surface area contributed by atoms with Crippen LogP contribution in [-0.4, -0.2) is 21.3 Å². The normalized spacial score (nSPS) is 21.2. The van der Waals surface area contributed by atoms with Gasteiger partial charge in [-0.15, -0.1) is 0 Å². The first-order valence-corrected chi connectivity index (χ1v) is 4.46. The summed E-state index contributed by atoms with van der Waals surface area (Å²) in [4.78, 5) is 10.9. The van der Waals surface area contributed by atoms with Crippen LogP contribution in [0.25, 0.3) is 0 Å². The lowest BCUT2D eigenvalue weighted by atomic mass is 9.87. The molecule has 0 saturated heterocycles. The second kappa shape index (κ2) is 2.87. The van der Waals surface area contributed by atoms with Crippen molar-refractivity contribution in [2.45, 2.75) is 32.1 Å². The van der Waals surface area contributed by atoms with Crippen molar-refractivity contribution in [2.75, 3.05) is 0 Å². The molecule has 1 unspecified atom stereocenters. The van der Waals surface area contributed by atoms with Gasteiger partial charge in [-0.1, -0.05) is 0 Å². The van der Waals surface area contributed by atoms with Gasteiger partial charge < -0.3 is 5.11 Å². The molecule has 2 N–H and O–H groups in total. The molecule has 4 heteroatoms. The molecule has 0 radical (unpaired) electrons. The van der Waals surface area contributed by atoms with Crippen LogP contribution < -0.4 is 0 Å². The van der Waals surface area contributed by atoms with Crippen LogP contribution in [0.2, 0.25) is 0 Å². The van der Waals surface area contributed by atoms with Crippen molar-refractivity contribution in [3.05, 3.63) is 17.0 Å². The van der Waals surface area contributed by atoms with Gasteiger partial charge in [0, 0.05) is 5.69 Å². The molecule has 4 nitrogen and oxygen atoms in total. The minimum Gasteiger partial charge on any atom is -0.481 e. The third-order valence-corrected chi connectivity index (χ3v) is 2.65. The maximum Gasteiger partial charge on any atom is 0.312 e. The number of fused-ring (bicyclic) bond motifs is 1. The van der Waals surface area contributed by atoms with E-state index in [2.05, 4.69) is 10.2 Å². The van der Waals surface area contributed by atoms with Crippen LogP contribution in [0, 0.1) is 6.92 Å². The average Bonchev–Trinajstić information content (AvgIpc) is 2.48. The smallest absolute Gasteiger partial charge is 0.312 e. The summed E-state index contributed by atoms with van der Waals surface area (Å²) in [5.41, 5.74) is 2.87. The summed E-state index contributed by atoms with van der Waals surface area (Å²) >= 11 is 0. The van der Waals surface area contributed by atoms with Crippen molar-refractivity contribution in [2.24, 2.45) is 0 Å². The van der Waals surface area contributed by atoms with E-state index in [1.807, 2.05) is 6.92 Å². The van der Waals surface area contributed by atoms with Gasteiger partial charge >= 0.3 is 5.97 Å². The Morgan fingerprint density at radius 1 is 1.69 bits per heavy atom. The molecule has 0 amide bonds. The highest BCUT2D eigenvalue weighted by atomic mass is 16.4. The van der Waals surface area contributed by atoms with Crippen LogP contribution in [0.15, 0.2) is 0 Å². The summed E-state index contributed by atoms with van der Waals surface area (Å²) in [7, 11) is 0. The number of carbonyl (C=O) groups is 1. The Hall–Kier alpha value is -1.32. The molecule has 1 aromatic heterocycles. The molecule has 1 heterocycles. The number of rotatable bonds is 1. The highest BCUT2D eigenvalue weighted by molar-refractivity contribution is 5.76. The summed E-state index contributed by atoms with van der Waals surface area (Å²) in [6.45, 7) is 1.94. The number of aryl methyl sites for hydroxylation is 1. The second-order valence-corrected chi connectivity index (χ2v) is 3.50. The van der Waals surface area contributed by atoms with E-state index in [4.69, 9.17) is 5.11 Å². The third-order valence-electron chi connectivity index (χ3n) is 2.65. The summed E-state index contributed by atoms with van der Waals surface area (Å²) < 4.78 is 0. The topological polar surface area (TPSA) is 66.0 Å². The van der Waals surface area contributed by atoms with Gasteiger partial charge in [0.25, 0.3) is 0 Å². The average molecular weight is 180 g/mol. The van der Waals surface area contributed by atoms with Gasteiger partial charge in [0.05, 0.1) is 5.69 Å². The molecule has 70 valence electrons. The fourth-order valence-corrected chi connectivity index (χ4v) is 1.94. The number of hydrogen-bond acceptors (Lipinski definition) is 2. The number of carboxylic acids is 1. The van der Waals surface area contributed by atoms with Crippen LogP contribution in [0.3, 0.4) is 0 Å². The Morgan fingerprint density at radius 2 is 2.46 bits per heavy atom. The number of H-pyrrole nitrogens is 1. The van der Waals surface area contributed by atoms with Gasteiger partial charge in [-0.3, -0.25) is 9.89 Å². The molecule has 0 bridgehead atoms. The van der Waals surface area contributed by atoms with Crippen molar-refractivity contribution in [3.8, 4) is 0 Å². The van der Waals surface area contributed by atoms with Gasteiger partial charge in [0.2, 0.25) is 0 Å². The van der Waals surface area contributed by atoms with Crippen molar-refractivity contribution in [1.82, 2.24) is 10.2 Å². The SMILES string of the molecule is Cc1[nH]nc2c1CCCC2C(=O)O. The second-order valence-electron chi connectivity index (χ2n) is 3.50. The molecule has 0 saturated carbocycles. The fraction of sp³-hybridized carbons (Fsp3) is 0.556. The lowest BCUT2D eigenvalue weighted by molar-refractivity contribution is -0.139. The molecule has 13 heavy (non-hydrogen) atoms. The standard InChI is InChI=1S/C9H12N2O2/c1-5-6-3-2-4-7(9(12)13)8(6)11-10-5/h7H,2-4H2,1H3,(H,10,11)(H,12,13). The van der Waals surface area contributed by atoms with E-state index in [0.29, 0.717) is 6.42 Å². The lowest BCUT2D eigenvalue weighted by Crippen LogP contribution is -2.17. The summed E-state index contributed by atoms with van der Waals surface area (Å²) in [5, 5.41) is 15.8. The van der Waals surface area contributed by atoms with Crippen molar-refractivity contribution in [1.29, 1.82) is 0 Å². The van der Waals surface area contributed by atoms with E-state index in [-0.39, 0.29) is 0 Å². The minimum atomic E-state index is -0.757. The number of aliphatic carboxylic acids is 1. The fourth-order valence-electron chi connectivity index (χ4n) is 1.94. The number of carboxylic acid groups (broad SMARTS) is 1. The molecule has 0 fully saturated rings. The quantitative estimate of drug-likeness (QED) is 0.683. The van der Waals surface area contributed by atoms with Gasteiger partial charge in [-0.2, -0.15) is 5.10 Å². The van der Waals surface area contributed by atoms with Crippen molar-refractivity contribution >= 4 is 5.97 Å². The summed E-state index contributed by atoms with van der Waals surface area (Å²) in [6.07, 6.45) is 2.62. The van der Waals surface area contributed by atoms with E-state index in [9.17, 15) is 4.79 Å². The zero-order valence-corrected chi connectivity index (χ0v) is 7.50. The number of nitrogens with one attached hydrogen (secondary N) is 1. The zero-order chi connectivity index (χ0) is 9.42. The first-order valence-electron chi connectivity index (χ1n) is 4.46. The molecule has 0 aromatic carbocycles. The highest BCUT2D eigenvalue weighted by Gasteiger charge is 2.29. The minimum absolute atomic E-state index is 0.395. The molecule has 0 aliphatic heterocycles. The third kappa shape index (κ3) is 1.22. The molecular weight excluding hydrogens is 168 g/mol. The lowest BCUT2D eigenvalue weighted by Gasteiger charge is -2.17. The first-order chi connectivity index (χ1) is 6.20. The largest absolute Gasteiger partial charge is 0.481 e. The van der Waals surface area contributed by atoms with Crippen LogP contribution >= 0.6 is 0 Å². The molecule has 1 aromatic rings. The van der Waals surface area contributed by atoms with Crippen LogP contribution in [0.5, 0.6) is 0 Å². The Kier molecular flexibility index (Phi) is 1.83. The van der Waals surface area contributed by atoms with Gasteiger partial charge in [0.1, 0.15) is 5.92 Å². The predicted octanol–water partition coefficient (Wildman–Crippen LogP) is 1.22. The molecule has 1 atom stereocenters. The number of aromatic nitrogens is 2. The maximum atomic E-state index is 10.9. The number of aromatic amines is 1. The molecule has 1 aliphatic rings. The molecule has 1 aliphatic carbocycles. The zero-order valence-electron chi connectivity index (χ0n) is 7.50. The Bertz CT molecular complexity index is 343. The Morgan fingerprint density at radius 3 is 3.15 bits per heavy atom. The van der Waals surface area contributed by atoms with Crippen molar-refractivity contribution < 1.29 is 9.90 Å². The van der Waals surface area contributed by atoms with Gasteiger partial charge in [-0.05, 0) is 31.7 Å². The van der Waals surface area contributed by atoms with E-state index in [0.717, 1.165) is 29.8 Å². The summed E-state index contributed by atoms with van der Waals surface area (Å²) in [6, 6.07) is 0. The molecular formula is C9H12N2O2. The maximum absolute atomic E-state index is 10.9. The summed E-state index contributed by atoms with van der Waals surface area (Å²) in [5.74, 6) is -1.15. The van der Waals surface area contributed by atoms with Crippen LogP contribution in [0.4, 0.5) is 0 Å². The van der Waals surface area contributed by atoms with Crippen molar-refractivity contribution in [3.63, 3.8) is 0 Å².